The van der Waals surface area contributed by atoms with Crippen molar-refractivity contribution in [3.8, 4) is 11.5 Å². The molecular formula is C20H15ClN2O4S. The molecule has 0 aliphatic heterocycles. The van der Waals surface area contributed by atoms with Gasteiger partial charge in [-0.1, -0.05) is 29.8 Å². The van der Waals surface area contributed by atoms with Crippen LogP contribution in [0.3, 0.4) is 0 Å². The van der Waals surface area contributed by atoms with E-state index in [0.717, 1.165) is 0 Å². The molecule has 0 spiro atoms. The summed E-state index contributed by atoms with van der Waals surface area (Å²) in [5, 5.41) is 3.22. The Labute approximate surface area is 166 Å². The minimum absolute atomic E-state index is 0.0465. The molecule has 4 aromatic rings. The molecule has 8 heteroatoms. The van der Waals surface area contributed by atoms with E-state index in [2.05, 4.69) is 10.3 Å². The second-order valence-corrected chi connectivity index (χ2v) is 8.21. The van der Waals surface area contributed by atoms with Gasteiger partial charge < -0.3 is 14.2 Å². The number of halogens is 1. The number of furan rings is 1. The topological polar surface area (TPSA) is 85.3 Å². The molecule has 0 amide bonds. The number of hydrogen-bond acceptors (Lipinski definition) is 6. The molecule has 1 N–H and O–H groups in total. The van der Waals surface area contributed by atoms with Crippen LogP contribution in [0, 0.1) is 0 Å². The molecule has 0 unspecified atom stereocenters. The third-order valence-corrected chi connectivity index (χ3v) is 5.93. The summed E-state index contributed by atoms with van der Waals surface area (Å²) in [6.07, 6.45) is 1.54. The van der Waals surface area contributed by atoms with E-state index in [0.29, 0.717) is 16.3 Å². The van der Waals surface area contributed by atoms with Crippen LogP contribution in [0.1, 0.15) is 5.76 Å². The van der Waals surface area contributed by atoms with Crippen LogP contribution in [0.25, 0.3) is 11.5 Å². The summed E-state index contributed by atoms with van der Waals surface area (Å²) in [5.74, 6) is 0.882. The monoisotopic (exact) mass is 414 g/mol. The van der Waals surface area contributed by atoms with Crippen LogP contribution in [0.2, 0.25) is 5.02 Å². The molecule has 0 saturated carbocycles. The molecule has 0 saturated heterocycles. The minimum Gasteiger partial charge on any atom is -0.467 e. The van der Waals surface area contributed by atoms with Gasteiger partial charge in [0.25, 0.3) is 0 Å². The third kappa shape index (κ3) is 3.67. The highest BCUT2D eigenvalue weighted by molar-refractivity contribution is 7.91. The van der Waals surface area contributed by atoms with Crippen LogP contribution < -0.4 is 5.32 Å². The zero-order chi connectivity index (χ0) is 19.6. The molecule has 0 atom stereocenters. The van der Waals surface area contributed by atoms with Gasteiger partial charge in [0.1, 0.15) is 5.76 Å². The minimum atomic E-state index is -3.92. The summed E-state index contributed by atoms with van der Waals surface area (Å²) in [6, 6.07) is 18.5. The first-order chi connectivity index (χ1) is 13.5. The van der Waals surface area contributed by atoms with Crippen LogP contribution in [0.15, 0.2) is 91.7 Å². The molecule has 0 aliphatic carbocycles. The van der Waals surface area contributed by atoms with Gasteiger partial charge in [-0.05, 0) is 48.5 Å². The van der Waals surface area contributed by atoms with Gasteiger partial charge in [0, 0.05) is 10.6 Å². The van der Waals surface area contributed by atoms with E-state index in [1.54, 1.807) is 24.3 Å². The Balaban J connectivity index is 1.77. The number of aromatic nitrogens is 1. The quantitative estimate of drug-likeness (QED) is 0.476. The predicted octanol–water partition coefficient (Wildman–Crippen LogP) is 5.03. The van der Waals surface area contributed by atoms with Gasteiger partial charge in [0.05, 0.1) is 17.7 Å². The van der Waals surface area contributed by atoms with Gasteiger partial charge in [0.15, 0.2) is 0 Å². The fraction of sp³-hybridized carbons (Fsp3) is 0.0500. The Hall–Kier alpha value is -3.03. The van der Waals surface area contributed by atoms with Crippen LogP contribution in [0.5, 0.6) is 0 Å². The average Bonchev–Trinajstić information content (AvgIpc) is 3.37. The van der Waals surface area contributed by atoms with Crippen molar-refractivity contribution in [3.05, 3.63) is 83.8 Å². The summed E-state index contributed by atoms with van der Waals surface area (Å²) in [7, 11) is -3.92. The molecule has 2 aromatic carbocycles. The number of nitrogens with zero attached hydrogens (tertiary/aromatic N) is 1. The fourth-order valence-electron chi connectivity index (χ4n) is 2.61. The maximum atomic E-state index is 13.1. The lowest BCUT2D eigenvalue weighted by molar-refractivity contribution is 0.511. The normalized spacial score (nSPS) is 11.5. The first-order valence-corrected chi connectivity index (χ1v) is 10.2. The largest absolute Gasteiger partial charge is 0.467 e. The number of rotatable bonds is 6. The molecular weight excluding hydrogens is 400 g/mol. The van der Waals surface area contributed by atoms with Crippen LogP contribution in [-0.2, 0) is 16.4 Å². The number of hydrogen-bond donors (Lipinski definition) is 1. The number of sulfone groups is 1. The molecule has 28 heavy (non-hydrogen) atoms. The Morgan fingerprint density at radius 2 is 1.71 bits per heavy atom. The first kappa shape index (κ1) is 18.3. The highest BCUT2D eigenvalue weighted by Gasteiger charge is 2.28. The number of oxazole rings is 1. The number of benzene rings is 2. The van der Waals surface area contributed by atoms with Crippen molar-refractivity contribution < 1.29 is 17.3 Å². The smallest absolute Gasteiger partial charge is 0.234 e. The van der Waals surface area contributed by atoms with Crippen molar-refractivity contribution in [2.24, 2.45) is 0 Å². The Kier molecular flexibility index (Phi) is 4.93. The van der Waals surface area contributed by atoms with Crippen LogP contribution >= 0.6 is 11.6 Å². The summed E-state index contributed by atoms with van der Waals surface area (Å²) >= 11 is 5.88. The number of anilines is 1. The zero-order valence-corrected chi connectivity index (χ0v) is 16.1. The zero-order valence-electron chi connectivity index (χ0n) is 14.5. The van der Waals surface area contributed by atoms with Crippen molar-refractivity contribution in [3.63, 3.8) is 0 Å². The fourth-order valence-corrected chi connectivity index (χ4v) is 4.01. The van der Waals surface area contributed by atoms with Crippen molar-refractivity contribution in [1.82, 2.24) is 4.98 Å². The van der Waals surface area contributed by atoms with Crippen molar-refractivity contribution in [1.29, 1.82) is 0 Å². The van der Waals surface area contributed by atoms with Crippen molar-refractivity contribution >= 4 is 27.3 Å². The molecule has 0 radical (unpaired) electrons. The second kappa shape index (κ2) is 7.53. The van der Waals surface area contributed by atoms with Crippen molar-refractivity contribution in [2.45, 2.75) is 16.5 Å². The highest BCUT2D eigenvalue weighted by atomic mass is 35.5. The Morgan fingerprint density at radius 3 is 2.39 bits per heavy atom. The van der Waals surface area contributed by atoms with E-state index in [9.17, 15) is 8.42 Å². The maximum Gasteiger partial charge on any atom is 0.234 e. The van der Waals surface area contributed by atoms with Crippen LogP contribution in [0.4, 0.5) is 5.88 Å². The van der Waals surface area contributed by atoms with Crippen molar-refractivity contribution in [2.75, 3.05) is 5.32 Å². The summed E-state index contributed by atoms with van der Waals surface area (Å²) < 4.78 is 37.3. The Morgan fingerprint density at radius 1 is 0.964 bits per heavy atom. The van der Waals surface area contributed by atoms with Gasteiger partial charge in [-0.2, -0.15) is 4.98 Å². The molecule has 0 fully saturated rings. The summed E-state index contributed by atoms with van der Waals surface area (Å²) in [6.45, 7) is 0.250. The van der Waals surface area contributed by atoms with E-state index in [-0.39, 0.29) is 28.2 Å². The third-order valence-electron chi connectivity index (χ3n) is 4.00. The molecule has 2 heterocycles. The summed E-state index contributed by atoms with van der Waals surface area (Å²) in [5.41, 5.74) is 0.668. The maximum absolute atomic E-state index is 13.1. The molecule has 2 aromatic heterocycles. The predicted molar refractivity (Wildman–Crippen MR) is 105 cm³/mol. The highest BCUT2D eigenvalue weighted by Crippen LogP contribution is 2.33. The molecule has 0 aliphatic rings. The SMILES string of the molecule is O=S(=O)(c1ccc(Cl)cc1)c1nc(-c2ccccc2)oc1NCc1ccco1. The van der Waals surface area contributed by atoms with Gasteiger partial charge in [0.2, 0.25) is 26.6 Å². The first-order valence-electron chi connectivity index (χ1n) is 8.37. The lowest BCUT2D eigenvalue weighted by Gasteiger charge is -2.05. The van der Waals surface area contributed by atoms with E-state index in [4.69, 9.17) is 20.4 Å². The Bertz CT molecular complexity index is 1170. The van der Waals surface area contributed by atoms with E-state index in [1.807, 2.05) is 18.2 Å². The van der Waals surface area contributed by atoms with E-state index >= 15 is 0 Å². The van der Waals surface area contributed by atoms with Gasteiger partial charge in [-0.15, -0.1) is 0 Å². The molecule has 4 rings (SSSR count). The lowest BCUT2D eigenvalue weighted by Crippen LogP contribution is -2.07. The van der Waals surface area contributed by atoms with E-state index in [1.165, 1.54) is 30.5 Å². The van der Waals surface area contributed by atoms with E-state index < -0.39 is 9.84 Å². The van der Waals surface area contributed by atoms with Gasteiger partial charge >= 0.3 is 0 Å². The standard InChI is InChI=1S/C20H15ClN2O4S/c21-15-8-10-17(11-9-15)28(24,25)20-19(22-13-16-7-4-12-26-16)27-18(23-20)14-5-2-1-3-6-14/h1-12,22H,13H2. The molecule has 142 valence electrons. The van der Waals surface area contributed by atoms with Crippen LogP contribution in [-0.4, -0.2) is 13.4 Å². The lowest BCUT2D eigenvalue weighted by atomic mass is 10.2. The van der Waals surface area contributed by atoms with Gasteiger partial charge in [-0.25, -0.2) is 8.42 Å². The molecule has 6 nitrogen and oxygen atoms in total. The summed E-state index contributed by atoms with van der Waals surface area (Å²) in [4.78, 5) is 4.35. The second-order valence-electron chi connectivity index (χ2n) is 5.91. The number of nitrogens with one attached hydrogen (secondary N) is 1. The van der Waals surface area contributed by atoms with Gasteiger partial charge in [-0.3, -0.25) is 0 Å². The average molecular weight is 415 g/mol. The molecule has 0 bridgehead atoms.